The Balaban J connectivity index is 2.22. The van der Waals surface area contributed by atoms with Crippen molar-refractivity contribution >= 4 is 16.0 Å². The summed E-state index contributed by atoms with van der Waals surface area (Å²) in [4.78, 5) is 17.4. The fourth-order valence-electron chi connectivity index (χ4n) is 2.25. The molecule has 0 aliphatic heterocycles. The fourth-order valence-corrected chi connectivity index (χ4v) is 3.54. The number of sulfonamides is 1. The van der Waals surface area contributed by atoms with Crippen LogP contribution in [0.5, 0.6) is 0 Å². The first-order valence-corrected chi connectivity index (χ1v) is 7.09. The third-order valence-corrected chi connectivity index (χ3v) is 4.90. The van der Waals surface area contributed by atoms with Crippen LogP contribution < -0.4 is 4.72 Å². The second kappa shape index (κ2) is 4.36. The number of nitrogens with zero attached hydrogens (tertiary/aromatic N) is 1. The Morgan fingerprint density at radius 2 is 2.39 bits per heavy atom. The molecular formula is C10H15N3O4S. The molecule has 0 aromatic carbocycles. The third kappa shape index (κ3) is 2.13. The number of carboxylic acid groups (broad SMARTS) is 1. The van der Waals surface area contributed by atoms with Gasteiger partial charge in [0.1, 0.15) is 0 Å². The van der Waals surface area contributed by atoms with E-state index in [0.29, 0.717) is 19.3 Å². The standard InChI is InChI=1S/C10H15N3O4S/c1-10(9(14)15)4-2-3-7(10)13-18(16,17)8-5-11-6-12-8/h5-7,13H,2-4H2,1H3,(H,11,12)(H,14,15). The molecule has 7 nitrogen and oxygen atoms in total. The van der Waals surface area contributed by atoms with Crippen LogP contribution in [0.15, 0.2) is 17.6 Å². The molecule has 0 amide bonds. The van der Waals surface area contributed by atoms with E-state index in [1.165, 1.54) is 12.5 Å². The number of aromatic nitrogens is 2. The molecule has 100 valence electrons. The van der Waals surface area contributed by atoms with Crippen molar-refractivity contribution in [3.63, 3.8) is 0 Å². The van der Waals surface area contributed by atoms with Gasteiger partial charge in [-0.2, -0.15) is 0 Å². The molecule has 1 saturated carbocycles. The average Bonchev–Trinajstić information content (AvgIpc) is 2.89. The van der Waals surface area contributed by atoms with Gasteiger partial charge in [-0.15, -0.1) is 0 Å². The molecule has 1 aromatic heterocycles. The number of aliphatic carboxylic acids is 1. The van der Waals surface area contributed by atoms with Crippen molar-refractivity contribution in [2.24, 2.45) is 5.41 Å². The maximum Gasteiger partial charge on any atom is 0.310 e. The summed E-state index contributed by atoms with van der Waals surface area (Å²) in [6, 6.07) is -0.594. The van der Waals surface area contributed by atoms with Crippen LogP contribution in [-0.2, 0) is 14.8 Å². The Kier molecular flexibility index (Phi) is 3.16. The zero-order valence-corrected chi connectivity index (χ0v) is 10.7. The summed E-state index contributed by atoms with van der Waals surface area (Å²) >= 11 is 0. The quantitative estimate of drug-likeness (QED) is 0.732. The van der Waals surface area contributed by atoms with Gasteiger partial charge in [-0.25, -0.2) is 18.1 Å². The van der Waals surface area contributed by atoms with Gasteiger partial charge in [0.25, 0.3) is 10.0 Å². The van der Waals surface area contributed by atoms with Gasteiger partial charge >= 0.3 is 5.97 Å². The third-order valence-electron chi connectivity index (χ3n) is 3.51. The van der Waals surface area contributed by atoms with Crippen LogP contribution in [-0.4, -0.2) is 35.5 Å². The van der Waals surface area contributed by atoms with Crippen LogP contribution in [0.25, 0.3) is 0 Å². The lowest BCUT2D eigenvalue weighted by atomic mass is 9.85. The first-order valence-electron chi connectivity index (χ1n) is 5.60. The first kappa shape index (κ1) is 13.0. The Bertz CT molecular complexity index is 539. The minimum absolute atomic E-state index is 0.0536. The Labute approximate surface area is 105 Å². The molecule has 1 fully saturated rings. The summed E-state index contributed by atoms with van der Waals surface area (Å²) in [5.41, 5.74) is -1.05. The summed E-state index contributed by atoms with van der Waals surface area (Å²) in [5, 5.41) is 9.16. The molecule has 0 bridgehead atoms. The number of hydrogen-bond donors (Lipinski definition) is 3. The normalized spacial score (nSPS) is 28.4. The second-order valence-electron chi connectivity index (χ2n) is 4.70. The highest BCUT2D eigenvalue weighted by Gasteiger charge is 2.47. The van der Waals surface area contributed by atoms with Gasteiger partial charge in [-0.05, 0) is 19.8 Å². The van der Waals surface area contributed by atoms with E-state index in [0.717, 1.165) is 0 Å². The lowest BCUT2D eigenvalue weighted by molar-refractivity contribution is -0.148. The Morgan fingerprint density at radius 1 is 1.67 bits per heavy atom. The van der Waals surface area contributed by atoms with Crippen LogP contribution in [0.1, 0.15) is 26.2 Å². The van der Waals surface area contributed by atoms with E-state index in [4.69, 9.17) is 0 Å². The fraction of sp³-hybridized carbons (Fsp3) is 0.600. The van der Waals surface area contributed by atoms with Crippen molar-refractivity contribution < 1.29 is 18.3 Å². The second-order valence-corrected chi connectivity index (χ2v) is 6.39. The van der Waals surface area contributed by atoms with E-state index < -0.39 is 27.4 Å². The van der Waals surface area contributed by atoms with Crippen LogP contribution in [0.2, 0.25) is 0 Å². The molecule has 1 aliphatic carbocycles. The number of aromatic amines is 1. The molecule has 8 heteroatoms. The Hall–Kier alpha value is -1.41. The zero-order valence-electron chi connectivity index (χ0n) is 9.88. The minimum Gasteiger partial charge on any atom is -0.481 e. The summed E-state index contributed by atoms with van der Waals surface area (Å²) < 4.78 is 26.4. The van der Waals surface area contributed by atoms with E-state index in [1.54, 1.807) is 6.92 Å². The van der Waals surface area contributed by atoms with Gasteiger partial charge in [0.15, 0.2) is 5.03 Å². The monoisotopic (exact) mass is 273 g/mol. The molecule has 0 saturated heterocycles. The van der Waals surface area contributed by atoms with Crippen molar-refractivity contribution in [2.45, 2.75) is 37.3 Å². The molecule has 0 radical (unpaired) electrons. The SMILES string of the molecule is CC1(C(=O)O)CCCC1NS(=O)(=O)c1cnc[nH]1. The summed E-state index contributed by atoms with van der Waals surface area (Å²) in [5.74, 6) is -0.975. The van der Waals surface area contributed by atoms with Crippen LogP contribution >= 0.6 is 0 Å². The van der Waals surface area contributed by atoms with E-state index in [1.807, 2.05) is 0 Å². The predicted octanol–water partition coefficient (Wildman–Crippen LogP) is 0.331. The highest BCUT2D eigenvalue weighted by molar-refractivity contribution is 7.89. The number of carbonyl (C=O) groups is 1. The molecule has 2 atom stereocenters. The van der Waals surface area contributed by atoms with Gasteiger partial charge in [-0.1, -0.05) is 6.42 Å². The maximum absolute atomic E-state index is 12.0. The zero-order chi connectivity index (χ0) is 13.4. The molecule has 2 rings (SSSR count). The number of hydrogen-bond acceptors (Lipinski definition) is 4. The first-order chi connectivity index (χ1) is 8.36. The van der Waals surface area contributed by atoms with Gasteiger partial charge in [-0.3, -0.25) is 4.79 Å². The summed E-state index contributed by atoms with van der Waals surface area (Å²) in [6.45, 7) is 1.57. The molecular weight excluding hydrogens is 258 g/mol. The van der Waals surface area contributed by atoms with E-state index in [-0.39, 0.29) is 5.03 Å². The molecule has 0 spiro atoms. The van der Waals surface area contributed by atoms with E-state index in [9.17, 15) is 18.3 Å². The average molecular weight is 273 g/mol. The van der Waals surface area contributed by atoms with Crippen molar-refractivity contribution in [1.82, 2.24) is 14.7 Å². The minimum atomic E-state index is -3.74. The number of rotatable bonds is 4. The van der Waals surface area contributed by atoms with Crippen molar-refractivity contribution in [1.29, 1.82) is 0 Å². The molecule has 18 heavy (non-hydrogen) atoms. The van der Waals surface area contributed by atoms with Gasteiger partial charge in [0.05, 0.1) is 17.9 Å². The maximum atomic E-state index is 12.0. The topological polar surface area (TPSA) is 112 Å². The lowest BCUT2D eigenvalue weighted by Crippen LogP contribution is -2.47. The van der Waals surface area contributed by atoms with Crippen LogP contribution in [0.3, 0.4) is 0 Å². The van der Waals surface area contributed by atoms with Gasteiger partial charge in [0.2, 0.25) is 0 Å². The lowest BCUT2D eigenvalue weighted by Gasteiger charge is -2.27. The highest BCUT2D eigenvalue weighted by Crippen LogP contribution is 2.38. The van der Waals surface area contributed by atoms with Crippen molar-refractivity contribution in [3.8, 4) is 0 Å². The number of nitrogens with one attached hydrogen (secondary N) is 2. The number of H-pyrrole nitrogens is 1. The molecule has 1 heterocycles. The largest absolute Gasteiger partial charge is 0.481 e. The van der Waals surface area contributed by atoms with Crippen LogP contribution in [0, 0.1) is 5.41 Å². The summed E-state index contributed by atoms with van der Waals surface area (Å²) in [6.07, 6.45) is 4.14. The van der Waals surface area contributed by atoms with Gasteiger partial charge in [0, 0.05) is 6.04 Å². The van der Waals surface area contributed by atoms with Crippen LogP contribution in [0.4, 0.5) is 0 Å². The summed E-state index contributed by atoms with van der Waals surface area (Å²) in [7, 11) is -3.74. The predicted molar refractivity (Wildman–Crippen MR) is 62.3 cm³/mol. The number of imidazole rings is 1. The van der Waals surface area contributed by atoms with Crippen molar-refractivity contribution in [2.75, 3.05) is 0 Å². The Morgan fingerprint density at radius 3 is 2.94 bits per heavy atom. The molecule has 3 N–H and O–H groups in total. The van der Waals surface area contributed by atoms with E-state index in [2.05, 4.69) is 14.7 Å². The molecule has 1 aliphatic rings. The number of carboxylic acids is 1. The van der Waals surface area contributed by atoms with E-state index >= 15 is 0 Å². The highest BCUT2D eigenvalue weighted by atomic mass is 32.2. The molecule has 1 aromatic rings. The molecule has 2 unspecified atom stereocenters. The smallest absolute Gasteiger partial charge is 0.310 e. The van der Waals surface area contributed by atoms with Gasteiger partial charge < -0.3 is 10.1 Å². The van der Waals surface area contributed by atoms with Crippen molar-refractivity contribution in [3.05, 3.63) is 12.5 Å².